The predicted molar refractivity (Wildman–Crippen MR) is 75.6 cm³/mol. The summed E-state index contributed by atoms with van der Waals surface area (Å²) in [6.45, 7) is 2.09. The monoisotopic (exact) mass is 247 g/mol. The molecule has 0 aliphatic carbocycles. The maximum Gasteiger partial charge on any atom is 0.120 e. The first kappa shape index (κ1) is 11.5. The van der Waals surface area contributed by atoms with Crippen LogP contribution in [0.2, 0.25) is 0 Å². The number of rotatable bonds is 2. The molecule has 1 N–H and O–H groups in total. The van der Waals surface area contributed by atoms with Gasteiger partial charge in [0.2, 0.25) is 0 Å². The highest BCUT2D eigenvalue weighted by Crippen LogP contribution is 2.24. The van der Waals surface area contributed by atoms with Crippen LogP contribution in [-0.2, 0) is 6.42 Å². The molecule has 0 spiro atoms. The van der Waals surface area contributed by atoms with E-state index in [0.29, 0.717) is 12.2 Å². The number of hydrogen-bond acceptors (Lipinski definition) is 2. The largest absolute Gasteiger partial charge is 0.341 e. The summed E-state index contributed by atoms with van der Waals surface area (Å²) in [5, 5.41) is 11.1. The smallest absolute Gasteiger partial charge is 0.120 e. The van der Waals surface area contributed by atoms with E-state index in [1.165, 1.54) is 16.3 Å². The molecule has 1 heterocycles. The van der Waals surface area contributed by atoms with Crippen molar-refractivity contribution >= 4 is 10.8 Å². The molecule has 0 aliphatic rings. The Labute approximate surface area is 111 Å². The minimum absolute atomic E-state index is 0.312. The second kappa shape index (κ2) is 4.58. The van der Waals surface area contributed by atoms with Gasteiger partial charge in [0.05, 0.1) is 24.4 Å². The van der Waals surface area contributed by atoms with Crippen LogP contribution in [0.5, 0.6) is 0 Å². The lowest BCUT2D eigenvalue weighted by Gasteiger charge is -2.03. The van der Waals surface area contributed by atoms with Crippen LogP contribution in [0.25, 0.3) is 22.0 Å². The van der Waals surface area contributed by atoms with E-state index in [1.54, 1.807) is 6.20 Å². The molecule has 3 heteroatoms. The zero-order valence-corrected chi connectivity index (χ0v) is 10.6. The van der Waals surface area contributed by atoms with Gasteiger partial charge in [-0.3, -0.25) is 0 Å². The van der Waals surface area contributed by atoms with Crippen LogP contribution < -0.4 is 0 Å². The number of H-pyrrole nitrogens is 1. The summed E-state index contributed by atoms with van der Waals surface area (Å²) in [7, 11) is 0. The quantitative estimate of drug-likeness (QED) is 0.752. The molecule has 3 aromatic rings. The molecule has 3 rings (SSSR count). The molecule has 1 aromatic heterocycles. The molecule has 92 valence electrons. The van der Waals surface area contributed by atoms with Crippen molar-refractivity contribution in [3.8, 4) is 17.3 Å². The summed E-state index contributed by atoms with van der Waals surface area (Å²) in [6, 6.07) is 14.8. The molecule has 0 atom stereocenters. The second-order valence-electron chi connectivity index (χ2n) is 4.64. The molecule has 3 nitrogen and oxygen atoms in total. The van der Waals surface area contributed by atoms with Crippen molar-refractivity contribution in [2.45, 2.75) is 13.3 Å². The van der Waals surface area contributed by atoms with Crippen molar-refractivity contribution in [1.82, 2.24) is 9.97 Å². The minimum Gasteiger partial charge on any atom is -0.341 e. The Morgan fingerprint density at radius 1 is 1.16 bits per heavy atom. The molecule has 0 fully saturated rings. The van der Waals surface area contributed by atoms with Crippen molar-refractivity contribution in [1.29, 1.82) is 5.26 Å². The average molecular weight is 247 g/mol. The number of fused-ring (bicyclic) bond motifs is 1. The van der Waals surface area contributed by atoms with E-state index in [4.69, 9.17) is 5.26 Å². The topological polar surface area (TPSA) is 52.5 Å². The summed E-state index contributed by atoms with van der Waals surface area (Å²) in [5.41, 5.74) is 3.30. The van der Waals surface area contributed by atoms with Gasteiger partial charge in [-0.25, -0.2) is 4.98 Å². The summed E-state index contributed by atoms with van der Waals surface area (Å²) in [4.78, 5) is 7.37. The maximum atomic E-state index is 8.66. The number of benzene rings is 2. The Morgan fingerprint density at radius 3 is 2.79 bits per heavy atom. The standard InChI is InChI=1S/C16H13N3/c1-11-2-3-13-9-14(5-4-12(13)8-11)15-10-18-16(19-15)6-7-17/h2-5,8-10H,6H2,1H3,(H,18,19). The van der Waals surface area contributed by atoms with Gasteiger partial charge < -0.3 is 4.98 Å². The summed E-state index contributed by atoms with van der Waals surface area (Å²) < 4.78 is 0. The fourth-order valence-electron chi connectivity index (χ4n) is 2.21. The third kappa shape index (κ3) is 2.21. The molecule has 0 radical (unpaired) electrons. The van der Waals surface area contributed by atoms with Crippen LogP contribution in [0.4, 0.5) is 0 Å². The van der Waals surface area contributed by atoms with Gasteiger partial charge in [-0.15, -0.1) is 0 Å². The van der Waals surface area contributed by atoms with Crippen LogP contribution in [0, 0.1) is 18.3 Å². The van der Waals surface area contributed by atoms with Crippen LogP contribution >= 0.6 is 0 Å². The molecule has 0 amide bonds. The first-order valence-electron chi connectivity index (χ1n) is 6.18. The van der Waals surface area contributed by atoms with E-state index in [-0.39, 0.29) is 0 Å². The van der Waals surface area contributed by atoms with Crippen LogP contribution in [0.3, 0.4) is 0 Å². The molecule has 0 saturated carbocycles. The van der Waals surface area contributed by atoms with Crippen LogP contribution in [-0.4, -0.2) is 9.97 Å². The Morgan fingerprint density at radius 2 is 1.95 bits per heavy atom. The molecule has 0 bridgehead atoms. The molecule has 2 aromatic carbocycles. The predicted octanol–water partition coefficient (Wildman–Crippen LogP) is 3.60. The maximum absolute atomic E-state index is 8.66. The Balaban J connectivity index is 2.05. The first-order valence-corrected chi connectivity index (χ1v) is 6.18. The highest BCUT2D eigenvalue weighted by molar-refractivity contribution is 5.87. The number of nitrogens with one attached hydrogen (secondary N) is 1. The summed E-state index contributed by atoms with van der Waals surface area (Å²) in [5.74, 6) is 0.710. The third-order valence-electron chi connectivity index (χ3n) is 3.18. The fraction of sp³-hybridized carbons (Fsp3) is 0.125. The number of aromatic nitrogens is 2. The van der Waals surface area contributed by atoms with Crippen LogP contribution in [0.15, 0.2) is 42.6 Å². The molecular weight excluding hydrogens is 234 g/mol. The van der Waals surface area contributed by atoms with E-state index in [1.807, 2.05) is 0 Å². The third-order valence-corrected chi connectivity index (χ3v) is 3.18. The number of imidazole rings is 1. The van der Waals surface area contributed by atoms with Gasteiger partial charge in [-0.1, -0.05) is 35.9 Å². The van der Waals surface area contributed by atoms with Gasteiger partial charge >= 0.3 is 0 Å². The second-order valence-corrected chi connectivity index (χ2v) is 4.64. The van der Waals surface area contributed by atoms with Crippen LogP contribution in [0.1, 0.15) is 11.4 Å². The first-order chi connectivity index (χ1) is 9.26. The van der Waals surface area contributed by atoms with E-state index in [0.717, 1.165) is 11.3 Å². The van der Waals surface area contributed by atoms with E-state index in [2.05, 4.69) is 59.4 Å². The van der Waals surface area contributed by atoms with Crippen molar-refractivity contribution < 1.29 is 0 Å². The van der Waals surface area contributed by atoms with Crippen molar-refractivity contribution in [3.05, 3.63) is 54.0 Å². The van der Waals surface area contributed by atoms with Gasteiger partial charge in [0, 0.05) is 5.56 Å². The Bertz CT molecular complexity index is 778. The number of hydrogen-bond donors (Lipinski definition) is 1. The molecule has 0 saturated heterocycles. The van der Waals surface area contributed by atoms with E-state index >= 15 is 0 Å². The fourth-order valence-corrected chi connectivity index (χ4v) is 2.21. The normalized spacial score (nSPS) is 10.5. The van der Waals surface area contributed by atoms with Gasteiger partial charge in [0.25, 0.3) is 0 Å². The van der Waals surface area contributed by atoms with Gasteiger partial charge in [0.15, 0.2) is 0 Å². The minimum atomic E-state index is 0.312. The lowest BCUT2D eigenvalue weighted by atomic mass is 10.0. The van der Waals surface area contributed by atoms with Gasteiger partial charge in [-0.05, 0) is 23.8 Å². The molecule has 0 aliphatic heterocycles. The molecule has 19 heavy (non-hydrogen) atoms. The van der Waals surface area contributed by atoms with E-state index in [9.17, 15) is 0 Å². The Hall–Kier alpha value is -2.60. The zero-order valence-electron chi connectivity index (χ0n) is 10.6. The summed E-state index contributed by atoms with van der Waals surface area (Å²) in [6.07, 6.45) is 2.09. The summed E-state index contributed by atoms with van der Waals surface area (Å²) >= 11 is 0. The number of nitrogens with zero attached hydrogens (tertiary/aromatic N) is 2. The highest BCUT2D eigenvalue weighted by atomic mass is 14.9. The van der Waals surface area contributed by atoms with Crippen molar-refractivity contribution in [2.24, 2.45) is 0 Å². The Kier molecular flexibility index (Phi) is 2.77. The lowest BCUT2D eigenvalue weighted by molar-refractivity contribution is 1.06. The zero-order chi connectivity index (χ0) is 13.2. The van der Waals surface area contributed by atoms with Crippen molar-refractivity contribution in [3.63, 3.8) is 0 Å². The van der Waals surface area contributed by atoms with Gasteiger partial charge in [-0.2, -0.15) is 5.26 Å². The van der Waals surface area contributed by atoms with Gasteiger partial charge in [0.1, 0.15) is 5.82 Å². The number of aryl methyl sites for hydroxylation is 1. The average Bonchev–Trinajstić information content (AvgIpc) is 2.87. The van der Waals surface area contributed by atoms with Crippen molar-refractivity contribution in [2.75, 3.05) is 0 Å². The number of nitriles is 1. The molecular formula is C16H13N3. The van der Waals surface area contributed by atoms with E-state index < -0.39 is 0 Å². The number of aromatic amines is 1. The SMILES string of the molecule is Cc1ccc2cc(-c3cnc(CC#N)[nH]3)ccc2c1. The molecule has 0 unspecified atom stereocenters. The highest BCUT2D eigenvalue weighted by Gasteiger charge is 2.04. The lowest BCUT2D eigenvalue weighted by Crippen LogP contribution is -1.84.